The molecule has 0 fully saturated rings. The van der Waals surface area contributed by atoms with Crippen LogP contribution in [-0.2, 0) is 5.11 Å². The number of benzene rings is 1. The molecule has 0 N–H and O–H groups in total. The van der Waals surface area contributed by atoms with Gasteiger partial charge in [0.1, 0.15) is 0 Å². The summed E-state index contributed by atoms with van der Waals surface area (Å²) in [5, 5.41) is 10.1. The number of rotatable bonds is 0. The minimum atomic E-state index is -2.11. The summed E-state index contributed by atoms with van der Waals surface area (Å²) in [6, 6.07) is 1.14. The summed E-state index contributed by atoms with van der Waals surface area (Å²) in [7, 11) is 0. The molecule has 0 aliphatic rings. The summed E-state index contributed by atoms with van der Waals surface area (Å²) in [5.41, 5.74) is 0. The smallest absolute Gasteiger partial charge is 0.228 e. The zero-order valence-electron chi connectivity index (χ0n) is 4.92. The molecule has 0 spiro atoms. The highest BCUT2D eigenvalue weighted by molar-refractivity contribution is 5.23. The summed E-state index contributed by atoms with van der Waals surface area (Å²) >= 11 is 0. The Morgan fingerprint density at radius 2 is 1.45 bits per heavy atom. The molecule has 0 aromatic heterocycles. The van der Waals surface area contributed by atoms with Crippen LogP contribution in [0.25, 0.3) is 0 Å². The Morgan fingerprint density at radius 3 is 2.00 bits per heavy atom. The Morgan fingerprint density at radius 1 is 0.909 bits per heavy atom. The summed E-state index contributed by atoms with van der Waals surface area (Å²) < 4.78 is 48.1. The van der Waals surface area contributed by atoms with Gasteiger partial charge in [0.05, 0.1) is 6.07 Å². The predicted octanol–water partition coefficient (Wildman–Crippen LogP) is 2.19. The monoisotopic (exact) mass is 164 g/mol. The van der Waals surface area contributed by atoms with E-state index in [0.29, 0.717) is 0 Å². The van der Waals surface area contributed by atoms with Crippen molar-refractivity contribution in [2.75, 3.05) is 0 Å². The maximum absolute atomic E-state index is 12.0. The fourth-order valence-electron chi connectivity index (χ4n) is 0.502. The van der Waals surface area contributed by atoms with E-state index >= 15 is 0 Å². The fraction of sp³-hybridized carbons (Fsp3) is 0. The van der Waals surface area contributed by atoms with Gasteiger partial charge in [0.25, 0.3) is 0 Å². The van der Waals surface area contributed by atoms with Crippen molar-refractivity contribution in [3.63, 3.8) is 0 Å². The SMILES string of the molecule is [O]c1[c]c(F)c(F)c(F)c1F. The third-order valence-electron chi connectivity index (χ3n) is 1.00. The molecule has 5 heteroatoms. The topological polar surface area (TPSA) is 19.9 Å². The predicted molar refractivity (Wildman–Crippen MR) is 25.2 cm³/mol. The molecule has 2 radical (unpaired) electrons. The lowest BCUT2D eigenvalue weighted by Crippen LogP contribution is -1.94. The largest absolute Gasteiger partial charge is 0.286 e. The first-order valence-electron chi connectivity index (χ1n) is 2.46. The van der Waals surface area contributed by atoms with Gasteiger partial charge in [-0.1, -0.05) is 0 Å². The van der Waals surface area contributed by atoms with E-state index in [9.17, 15) is 22.7 Å². The lowest BCUT2D eigenvalue weighted by Gasteiger charge is -1.95. The van der Waals surface area contributed by atoms with E-state index in [1.165, 1.54) is 0 Å². The highest BCUT2D eigenvalue weighted by atomic mass is 19.2. The van der Waals surface area contributed by atoms with Gasteiger partial charge in [-0.05, 0) is 0 Å². The van der Waals surface area contributed by atoms with E-state index in [2.05, 4.69) is 0 Å². The zero-order valence-corrected chi connectivity index (χ0v) is 4.92. The second-order valence-electron chi connectivity index (χ2n) is 1.71. The Balaban J connectivity index is 3.46. The highest BCUT2D eigenvalue weighted by Gasteiger charge is 2.19. The first-order chi connectivity index (χ1) is 5.04. The van der Waals surface area contributed by atoms with Crippen LogP contribution in [0.2, 0.25) is 0 Å². The van der Waals surface area contributed by atoms with Crippen LogP contribution in [-0.4, -0.2) is 0 Å². The molecule has 1 nitrogen and oxygen atoms in total. The maximum atomic E-state index is 12.0. The molecule has 0 saturated heterocycles. The van der Waals surface area contributed by atoms with Gasteiger partial charge in [0.2, 0.25) is 17.4 Å². The molecule has 0 amide bonds. The molecule has 1 aromatic rings. The van der Waals surface area contributed by atoms with Gasteiger partial charge in [0, 0.05) is 0 Å². The molecule has 58 valence electrons. The third-order valence-corrected chi connectivity index (χ3v) is 1.00. The van der Waals surface area contributed by atoms with Gasteiger partial charge in [0.15, 0.2) is 11.6 Å². The summed E-state index contributed by atoms with van der Waals surface area (Å²) in [6.45, 7) is 0. The normalized spacial score (nSPS) is 10.2. The van der Waals surface area contributed by atoms with E-state index in [1.807, 2.05) is 0 Å². The van der Waals surface area contributed by atoms with Crippen LogP contribution in [0.5, 0.6) is 5.75 Å². The minimum Gasteiger partial charge on any atom is -0.286 e. The Bertz CT molecular complexity index is 271. The molecule has 1 aromatic carbocycles. The van der Waals surface area contributed by atoms with E-state index in [4.69, 9.17) is 0 Å². The first kappa shape index (κ1) is 7.84. The van der Waals surface area contributed by atoms with Crippen LogP contribution in [0.15, 0.2) is 0 Å². The van der Waals surface area contributed by atoms with Crippen molar-refractivity contribution < 1.29 is 22.7 Å². The molecule has 0 atom stereocenters. The molecule has 0 heterocycles. The molecular weight excluding hydrogens is 164 g/mol. The second kappa shape index (κ2) is 2.41. The molecule has 0 aliphatic carbocycles. The first-order valence-corrected chi connectivity index (χ1v) is 2.46. The van der Waals surface area contributed by atoms with Crippen molar-refractivity contribution in [3.8, 4) is 5.75 Å². The van der Waals surface area contributed by atoms with E-state index in [1.54, 1.807) is 0 Å². The van der Waals surface area contributed by atoms with Gasteiger partial charge in [-0.15, -0.1) is 0 Å². The van der Waals surface area contributed by atoms with Gasteiger partial charge in [-0.2, -0.15) is 4.39 Å². The average molecular weight is 164 g/mol. The summed E-state index contributed by atoms with van der Waals surface area (Å²) in [5.74, 6) is -9.52. The van der Waals surface area contributed by atoms with Gasteiger partial charge in [-0.3, -0.25) is 5.11 Å². The Labute approximate surface area is 58.9 Å². The van der Waals surface area contributed by atoms with Crippen molar-refractivity contribution in [3.05, 3.63) is 29.3 Å². The van der Waals surface area contributed by atoms with Crippen molar-refractivity contribution in [2.45, 2.75) is 0 Å². The van der Waals surface area contributed by atoms with Gasteiger partial charge >= 0.3 is 0 Å². The number of hydrogen-bond donors (Lipinski definition) is 0. The van der Waals surface area contributed by atoms with Gasteiger partial charge < -0.3 is 0 Å². The van der Waals surface area contributed by atoms with E-state index in [-0.39, 0.29) is 0 Å². The summed E-state index contributed by atoms with van der Waals surface area (Å²) in [4.78, 5) is 0. The molecule has 0 saturated carbocycles. The molecule has 0 unspecified atom stereocenters. The van der Waals surface area contributed by atoms with Crippen LogP contribution in [0.4, 0.5) is 17.6 Å². The summed E-state index contributed by atoms with van der Waals surface area (Å²) in [6.07, 6.45) is 0. The highest BCUT2D eigenvalue weighted by Crippen LogP contribution is 2.22. The van der Waals surface area contributed by atoms with Crippen molar-refractivity contribution in [1.29, 1.82) is 0 Å². The maximum Gasteiger partial charge on any atom is 0.228 e. The quantitative estimate of drug-likeness (QED) is 0.318. The molecule has 0 aliphatic heterocycles. The fourth-order valence-corrected chi connectivity index (χ4v) is 0.502. The third kappa shape index (κ3) is 1.13. The molecule has 1 rings (SSSR count). The molecule has 11 heavy (non-hydrogen) atoms. The van der Waals surface area contributed by atoms with E-state index in [0.717, 1.165) is 6.07 Å². The molecule has 0 bridgehead atoms. The second-order valence-corrected chi connectivity index (χ2v) is 1.71. The number of halogens is 4. The Kier molecular flexibility index (Phi) is 1.72. The lowest BCUT2D eigenvalue weighted by atomic mass is 10.3. The van der Waals surface area contributed by atoms with Crippen LogP contribution in [0.3, 0.4) is 0 Å². The van der Waals surface area contributed by atoms with Crippen LogP contribution in [0.1, 0.15) is 0 Å². The van der Waals surface area contributed by atoms with E-state index < -0.39 is 29.0 Å². The average Bonchev–Trinajstić information content (AvgIpc) is 1.97. The van der Waals surface area contributed by atoms with Crippen molar-refractivity contribution in [1.82, 2.24) is 0 Å². The van der Waals surface area contributed by atoms with Crippen LogP contribution < -0.4 is 0 Å². The van der Waals surface area contributed by atoms with Crippen LogP contribution >= 0.6 is 0 Å². The number of hydrogen-bond acceptors (Lipinski definition) is 0. The molecular formula is C6F4O. The zero-order chi connectivity index (χ0) is 8.59. The minimum absolute atomic E-state index is 1.14. The van der Waals surface area contributed by atoms with Crippen molar-refractivity contribution >= 4 is 0 Å². The van der Waals surface area contributed by atoms with Gasteiger partial charge in [-0.25, -0.2) is 13.2 Å². The van der Waals surface area contributed by atoms with Crippen molar-refractivity contribution in [2.24, 2.45) is 0 Å². The standard InChI is InChI=1S/C6F4O/c7-2-1-3(11)5(9)6(10)4(2)8. The van der Waals surface area contributed by atoms with Crippen LogP contribution in [0, 0.1) is 29.3 Å². The lowest BCUT2D eigenvalue weighted by molar-refractivity contribution is 0.304. The Hall–Kier alpha value is -1.26.